The van der Waals surface area contributed by atoms with Crippen LogP contribution < -0.4 is 10.1 Å². The Morgan fingerprint density at radius 1 is 1.27 bits per heavy atom. The molecule has 1 aromatic carbocycles. The van der Waals surface area contributed by atoms with Gasteiger partial charge >= 0.3 is 0 Å². The summed E-state index contributed by atoms with van der Waals surface area (Å²) in [5, 5.41) is 3.37. The molecule has 26 heavy (non-hydrogen) atoms. The smallest absolute Gasteiger partial charge is 0.193 e. The third-order valence-corrected chi connectivity index (χ3v) is 6.26. The van der Waals surface area contributed by atoms with Gasteiger partial charge in [-0.05, 0) is 39.8 Å². The number of nitrogens with zero attached hydrogens (tertiary/aromatic N) is 2. The maximum atomic E-state index is 12.2. The lowest BCUT2D eigenvalue weighted by Crippen LogP contribution is -2.47. The molecule has 1 fully saturated rings. The molecule has 0 bridgehead atoms. The van der Waals surface area contributed by atoms with E-state index in [0.29, 0.717) is 12.3 Å². The van der Waals surface area contributed by atoms with Gasteiger partial charge in [0.2, 0.25) is 0 Å². The summed E-state index contributed by atoms with van der Waals surface area (Å²) in [7, 11) is -0.864. The number of guanidine groups is 1. The molecule has 146 valence electrons. The van der Waals surface area contributed by atoms with Crippen molar-refractivity contribution < 1.29 is 8.95 Å². The number of benzene rings is 1. The van der Waals surface area contributed by atoms with Gasteiger partial charge in [-0.3, -0.25) is 9.20 Å². The number of aliphatic imine (C=N–C) groups is 1. The Morgan fingerprint density at radius 2 is 1.92 bits per heavy atom. The van der Waals surface area contributed by atoms with E-state index >= 15 is 0 Å². The van der Waals surface area contributed by atoms with Gasteiger partial charge in [0.1, 0.15) is 11.9 Å². The molecule has 0 amide bonds. The van der Waals surface area contributed by atoms with Gasteiger partial charge in [-0.15, -0.1) is 0 Å². The van der Waals surface area contributed by atoms with Crippen LogP contribution in [-0.4, -0.2) is 57.9 Å². The Kier molecular flexibility index (Phi) is 7.94. The number of hydrogen-bond acceptors (Lipinski definition) is 3. The highest BCUT2D eigenvalue weighted by molar-refractivity contribution is 7.86. The predicted molar refractivity (Wildman–Crippen MR) is 110 cm³/mol. The van der Waals surface area contributed by atoms with Crippen molar-refractivity contribution in [2.24, 2.45) is 4.99 Å². The first kappa shape index (κ1) is 20.7. The molecule has 1 atom stereocenters. The molecule has 1 N–H and O–H groups in total. The van der Waals surface area contributed by atoms with Crippen molar-refractivity contribution >= 4 is 16.8 Å². The fourth-order valence-corrected chi connectivity index (χ4v) is 3.71. The summed E-state index contributed by atoms with van der Waals surface area (Å²) in [6.45, 7) is 11.4. The second-order valence-corrected chi connectivity index (χ2v) is 9.84. The van der Waals surface area contributed by atoms with Crippen molar-refractivity contribution in [1.82, 2.24) is 10.2 Å². The van der Waals surface area contributed by atoms with Gasteiger partial charge in [0.25, 0.3) is 0 Å². The maximum Gasteiger partial charge on any atom is 0.193 e. The van der Waals surface area contributed by atoms with Gasteiger partial charge in [0, 0.05) is 53.8 Å². The van der Waals surface area contributed by atoms with Gasteiger partial charge in [-0.2, -0.15) is 0 Å². The van der Waals surface area contributed by atoms with E-state index in [9.17, 15) is 4.21 Å². The average molecular weight is 380 g/mol. The third-order valence-electron chi connectivity index (χ3n) is 4.34. The first-order valence-corrected chi connectivity index (χ1v) is 10.9. The Labute approximate surface area is 160 Å². The summed E-state index contributed by atoms with van der Waals surface area (Å²) in [4.78, 5) is 6.98. The molecule has 1 unspecified atom stereocenters. The van der Waals surface area contributed by atoms with E-state index in [4.69, 9.17) is 9.73 Å². The average Bonchev–Trinajstić information content (AvgIpc) is 2.62. The normalized spacial score (nSPS) is 17.8. The van der Waals surface area contributed by atoms with Gasteiger partial charge in [-0.25, -0.2) is 0 Å². The second kappa shape index (κ2) is 9.95. The van der Waals surface area contributed by atoms with E-state index in [1.165, 1.54) is 0 Å². The molecule has 0 aromatic heterocycles. The summed E-state index contributed by atoms with van der Waals surface area (Å²) in [5.41, 5.74) is 0. The molecule has 1 aliphatic rings. The molecule has 0 radical (unpaired) electrons. The summed E-state index contributed by atoms with van der Waals surface area (Å²) < 4.78 is 18.1. The van der Waals surface area contributed by atoms with Gasteiger partial charge in [0.05, 0.1) is 6.54 Å². The first-order chi connectivity index (χ1) is 12.4. The lowest BCUT2D eigenvalue weighted by molar-refractivity contribution is 0.129. The van der Waals surface area contributed by atoms with Crippen LogP contribution in [0.25, 0.3) is 0 Å². The van der Waals surface area contributed by atoms with Crippen LogP contribution in [0.4, 0.5) is 0 Å². The standard InChI is InChI=1S/C20H33N3O2S/c1-5-21-19(22-13-16-26(24)20(2,3)4)23-14-11-18(12-15-23)25-17-9-7-6-8-10-17/h6-10,18H,5,11-16H2,1-4H3,(H,21,22). The zero-order valence-electron chi connectivity index (χ0n) is 16.5. The Bertz CT molecular complexity index is 591. The van der Waals surface area contributed by atoms with Gasteiger partial charge < -0.3 is 15.0 Å². The highest BCUT2D eigenvalue weighted by atomic mass is 32.2. The zero-order valence-corrected chi connectivity index (χ0v) is 17.3. The summed E-state index contributed by atoms with van der Waals surface area (Å²) in [6, 6.07) is 10.0. The van der Waals surface area contributed by atoms with Crippen LogP contribution in [0.3, 0.4) is 0 Å². The van der Waals surface area contributed by atoms with Crippen molar-refractivity contribution in [3.05, 3.63) is 30.3 Å². The van der Waals surface area contributed by atoms with E-state index in [2.05, 4.69) is 17.1 Å². The van der Waals surface area contributed by atoms with Crippen LogP contribution in [0, 0.1) is 0 Å². The van der Waals surface area contributed by atoms with E-state index in [0.717, 1.165) is 44.2 Å². The Hall–Kier alpha value is -1.56. The molecule has 0 aliphatic carbocycles. The molecule has 0 spiro atoms. The minimum absolute atomic E-state index is 0.180. The fraction of sp³-hybridized carbons (Fsp3) is 0.650. The van der Waals surface area contributed by atoms with Crippen LogP contribution in [0.5, 0.6) is 5.75 Å². The van der Waals surface area contributed by atoms with Crippen LogP contribution in [-0.2, 0) is 10.8 Å². The third kappa shape index (κ3) is 6.63. The number of para-hydroxylation sites is 1. The fourth-order valence-electron chi connectivity index (χ4n) is 2.84. The largest absolute Gasteiger partial charge is 0.490 e. The lowest BCUT2D eigenvalue weighted by Gasteiger charge is -2.34. The van der Waals surface area contributed by atoms with Crippen molar-refractivity contribution in [3.63, 3.8) is 0 Å². The van der Waals surface area contributed by atoms with Crippen molar-refractivity contribution in [2.45, 2.75) is 51.4 Å². The summed E-state index contributed by atoms with van der Waals surface area (Å²) >= 11 is 0. The molecule has 1 saturated heterocycles. The number of hydrogen-bond donors (Lipinski definition) is 1. The lowest BCUT2D eigenvalue weighted by atomic mass is 10.1. The summed E-state index contributed by atoms with van der Waals surface area (Å²) in [5.74, 6) is 2.47. The van der Waals surface area contributed by atoms with Crippen molar-refractivity contribution in [2.75, 3.05) is 31.9 Å². The molecular weight excluding hydrogens is 346 g/mol. The predicted octanol–water partition coefficient (Wildman–Crippen LogP) is 3.04. The molecule has 1 heterocycles. The first-order valence-electron chi connectivity index (χ1n) is 9.53. The molecular formula is C20H33N3O2S. The molecule has 1 aliphatic heterocycles. The van der Waals surface area contributed by atoms with Crippen LogP contribution in [0.1, 0.15) is 40.5 Å². The van der Waals surface area contributed by atoms with Gasteiger partial charge in [-0.1, -0.05) is 18.2 Å². The highest BCUT2D eigenvalue weighted by Gasteiger charge is 2.23. The number of rotatable bonds is 6. The number of likely N-dealkylation sites (tertiary alicyclic amines) is 1. The number of nitrogens with one attached hydrogen (secondary N) is 1. The molecule has 5 nitrogen and oxygen atoms in total. The van der Waals surface area contributed by atoms with E-state index in [1.807, 2.05) is 51.1 Å². The van der Waals surface area contributed by atoms with Crippen LogP contribution in [0.15, 0.2) is 35.3 Å². The SMILES string of the molecule is CCNC(=NCCS(=O)C(C)(C)C)N1CCC(Oc2ccccc2)CC1. The minimum atomic E-state index is -0.864. The quantitative estimate of drug-likeness (QED) is 0.610. The highest BCUT2D eigenvalue weighted by Crippen LogP contribution is 2.18. The van der Waals surface area contributed by atoms with Crippen molar-refractivity contribution in [3.8, 4) is 5.75 Å². The van der Waals surface area contributed by atoms with Crippen LogP contribution in [0.2, 0.25) is 0 Å². The zero-order chi connectivity index (χ0) is 19.0. The molecule has 2 rings (SSSR count). The maximum absolute atomic E-state index is 12.2. The Balaban J connectivity index is 1.85. The van der Waals surface area contributed by atoms with Gasteiger partial charge in [0.15, 0.2) is 5.96 Å². The molecule has 6 heteroatoms. The van der Waals surface area contributed by atoms with E-state index in [-0.39, 0.29) is 10.9 Å². The second-order valence-electron chi connectivity index (χ2n) is 7.51. The van der Waals surface area contributed by atoms with E-state index < -0.39 is 10.8 Å². The molecule has 1 aromatic rings. The van der Waals surface area contributed by atoms with Crippen LogP contribution >= 0.6 is 0 Å². The number of piperidine rings is 1. The van der Waals surface area contributed by atoms with E-state index in [1.54, 1.807) is 0 Å². The van der Waals surface area contributed by atoms with Crippen molar-refractivity contribution in [1.29, 1.82) is 0 Å². The topological polar surface area (TPSA) is 53.9 Å². The minimum Gasteiger partial charge on any atom is -0.490 e. The summed E-state index contributed by atoms with van der Waals surface area (Å²) in [6.07, 6.45) is 2.21. The Morgan fingerprint density at radius 3 is 2.50 bits per heavy atom. The molecule has 0 saturated carbocycles. The monoisotopic (exact) mass is 379 g/mol. The number of ether oxygens (including phenoxy) is 1.